The molecule has 0 saturated carbocycles. The summed E-state index contributed by atoms with van der Waals surface area (Å²) in [6.45, 7) is 3.64. The second-order valence-corrected chi connectivity index (χ2v) is 9.82. The molecule has 0 saturated heterocycles. The molecule has 0 aromatic heterocycles. The lowest BCUT2D eigenvalue weighted by Gasteiger charge is -2.30. The summed E-state index contributed by atoms with van der Waals surface area (Å²) in [5, 5.41) is 20.3. The predicted octanol–water partition coefficient (Wildman–Crippen LogP) is 6.36. The molecule has 6 nitrogen and oxygen atoms in total. The number of anilines is 2. The van der Waals surface area contributed by atoms with Crippen molar-refractivity contribution >= 4 is 46.6 Å². The number of amides is 2. The van der Waals surface area contributed by atoms with Crippen LogP contribution in [-0.2, 0) is 9.59 Å². The monoisotopic (exact) mass is 528 g/mol. The zero-order valence-electron chi connectivity index (χ0n) is 20.3. The van der Waals surface area contributed by atoms with E-state index < -0.39 is 5.92 Å². The van der Waals surface area contributed by atoms with Crippen molar-refractivity contribution in [3.63, 3.8) is 0 Å². The third-order valence-corrected chi connectivity index (χ3v) is 7.37. The Balaban J connectivity index is 1.61. The molecule has 37 heavy (non-hydrogen) atoms. The molecule has 2 amide bonds. The van der Waals surface area contributed by atoms with Crippen molar-refractivity contribution in [2.45, 2.75) is 19.8 Å². The first-order chi connectivity index (χ1) is 17.9. The van der Waals surface area contributed by atoms with Gasteiger partial charge in [0.05, 0.1) is 28.3 Å². The number of thioether (sulfide) groups is 1. The normalized spacial score (nSPS) is 15.0. The minimum atomic E-state index is -0.586. The van der Waals surface area contributed by atoms with Crippen molar-refractivity contribution in [3.8, 4) is 6.07 Å². The second kappa shape index (κ2) is 11.8. The Morgan fingerprint density at radius 3 is 2.32 bits per heavy atom. The molecule has 0 spiro atoms. The van der Waals surface area contributed by atoms with Gasteiger partial charge in [0.1, 0.15) is 0 Å². The largest absolute Gasteiger partial charge is 0.353 e. The Morgan fingerprint density at radius 1 is 0.973 bits per heavy atom. The van der Waals surface area contributed by atoms with Crippen LogP contribution in [-0.4, -0.2) is 17.6 Å². The number of para-hydroxylation sites is 1. The van der Waals surface area contributed by atoms with Crippen molar-refractivity contribution in [2.24, 2.45) is 0 Å². The summed E-state index contributed by atoms with van der Waals surface area (Å²) < 4.78 is 0. The zero-order valence-corrected chi connectivity index (χ0v) is 21.9. The maximum Gasteiger partial charge on any atom is 0.254 e. The lowest BCUT2D eigenvalue weighted by molar-refractivity contribution is -0.114. The summed E-state index contributed by atoms with van der Waals surface area (Å²) >= 11 is 7.39. The smallest absolute Gasteiger partial charge is 0.254 e. The van der Waals surface area contributed by atoms with Gasteiger partial charge in [-0.3, -0.25) is 9.59 Å². The van der Waals surface area contributed by atoms with E-state index in [4.69, 9.17) is 11.6 Å². The van der Waals surface area contributed by atoms with E-state index in [2.05, 4.69) is 22.0 Å². The summed E-state index contributed by atoms with van der Waals surface area (Å²) in [5.74, 6) is -1.04. The standard InChI is InChI=1S/C29H25ClN4O2S/c1-18-23(30)14-9-15-24(18)34-25(35)17-37-29-22(16-31)27(20-10-5-3-6-11-20)26(19(2)32-29)28(36)33-21-12-7-4-8-13-21/h3-15,27,32H,17H2,1-2H3,(H,33,36)(H,34,35). The molecule has 1 aliphatic rings. The van der Waals surface area contributed by atoms with E-state index in [1.165, 1.54) is 11.8 Å². The lowest BCUT2D eigenvalue weighted by Crippen LogP contribution is -2.31. The topological polar surface area (TPSA) is 94.0 Å². The third kappa shape index (κ3) is 6.05. The average Bonchev–Trinajstić information content (AvgIpc) is 2.90. The Bertz CT molecular complexity index is 1430. The first-order valence-electron chi connectivity index (χ1n) is 11.6. The number of rotatable bonds is 7. The van der Waals surface area contributed by atoms with Crippen molar-refractivity contribution < 1.29 is 9.59 Å². The molecule has 0 radical (unpaired) electrons. The van der Waals surface area contributed by atoms with Crippen LogP contribution in [0.5, 0.6) is 0 Å². The summed E-state index contributed by atoms with van der Waals surface area (Å²) in [6.07, 6.45) is 0. The molecule has 1 aliphatic heterocycles. The van der Waals surface area contributed by atoms with E-state index in [0.717, 1.165) is 11.1 Å². The van der Waals surface area contributed by atoms with Gasteiger partial charge >= 0.3 is 0 Å². The highest BCUT2D eigenvalue weighted by atomic mass is 35.5. The molecular weight excluding hydrogens is 504 g/mol. The molecule has 3 aromatic rings. The molecule has 1 unspecified atom stereocenters. The fourth-order valence-electron chi connectivity index (χ4n) is 4.09. The minimum Gasteiger partial charge on any atom is -0.353 e. The Hall–Kier alpha value is -3.99. The highest BCUT2D eigenvalue weighted by Crippen LogP contribution is 2.41. The van der Waals surface area contributed by atoms with E-state index in [1.807, 2.05) is 67.6 Å². The van der Waals surface area contributed by atoms with E-state index in [1.54, 1.807) is 25.1 Å². The molecule has 0 aliphatic carbocycles. The van der Waals surface area contributed by atoms with Crippen LogP contribution >= 0.6 is 23.4 Å². The summed E-state index contributed by atoms with van der Waals surface area (Å²) in [6, 6.07) is 26.2. The second-order valence-electron chi connectivity index (χ2n) is 8.43. The number of carbonyl (C=O) groups is 2. The van der Waals surface area contributed by atoms with Gasteiger partial charge in [0, 0.05) is 27.7 Å². The Kier molecular flexibility index (Phi) is 8.34. The first-order valence-corrected chi connectivity index (χ1v) is 13.0. The molecule has 3 N–H and O–H groups in total. The highest BCUT2D eigenvalue weighted by molar-refractivity contribution is 8.03. The number of nitrogens with one attached hydrogen (secondary N) is 3. The number of hydrogen-bond acceptors (Lipinski definition) is 5. The summed E-state index contributed by atoms with van der Waals surface area (Å²) in [7, 11) is 0. The first kappa shape index (κ1) is 26.1. The van der Waals surface area contributed by atoms with E-state index >= 15 is 0 Å². The van der Waals surface area contributed by atoms with Gasteiger partial charge < -0.3 is 16.0 Å². The highest BCUT2D eigenvalue weighted by Gasteiger charge is 2.34. The summed E-state index contributed by atoms with van der Waals surface area (Å²) in [4.78, 5) is 26.2. The summed E-state index contributed by atoms with van der Waals surface area (Å²) in [5.41, 5.74) is 4.36. The van der Waals surface area contributed by atoms with Crippen molar-refractivity contribution in [1.29, 1.82) is 5.26 Å². The van der Waals surface area contributed by atoms with Crippen LogP contribution in [0.1, 0.15) is 24.0 Å². The quantitative estimate of drug-likeness (QED) is 0.332. The molecule has 0 fully saturated rings. The maximum atomic E-state index is 13.4. The molecule has 3 aromatic carbocycles. The third-order valence-electron chi connectivity index (χ3n) is 5.95. The van der Waals surface area contributed by atoms with Crippen LogP contribution in [0, 0.1) is 18.3 Å². The molecule has 8 heteroatoms. The lowest BCUT2D eigenvalue weighted by atomic mass is 9.82. The van der Waals surface area contributed by atoms with Crippen LogP contribution in [0.3, 0.4) is 0 Å². The van der Waals surface area contributed by atoms with Crippen molar-refractivity contribution in [1.82, 2.24) is 5.32 Å². The Labute approximate surface area is 225 Å². The number of benzene rings is 3. The number of nitriles is 1. The molecule has 1 atom stereocenters. The van der Waals surface area contributed by atoms with Crippen LogP contribution in [0.25, 0.3) is 0 Å². The van der Waals surface area contributed by atoms with Gasteiger partial charge in [-0.15, -0.1) is 0 Å². The minimum absolute atomic E-state index is 0.0692. The fourth-order valence-corrected chi connectivity index (χ4v) is 5.16. The van der Waals surface area contributed by atoms with Crippen LogP contribution in [0.4, 0.5) is 11.4 Å². The predicted molar refractivity (Wildman–Crippen MR) is 150 cm³/mol. The van der Waals surface area contributed by atoms with E-state index in [0.29, 0.717) is 38.3 Å². The number of dihydropyridines is 1. The van der Waals surface area contributed by atoms with Crippen molar-refractivity contribution in [3.05, 3.63) is 117 Å². The number of nitrogens with zero attached hydrogens (tertiary/aromatic N) is 1. The molecule has 1 heterocycles. The average molecular weight is 529 g/mol. The molecule has 4 rings (SSSR count). The fraction of sp³-hybridized carbons (Fsp3) is 0.138. The number of allylic oxidation sites excluding steroid dienone is 2. The van der Waals surface area contributed by atoms with Crippen LogP contribution in [0.15, 0.2) is 101 Å². The number of carbonyl (C=O) groups excluding carboxylic acids is 2. The van der Waals surface area contributed by atoms with Gasteiger partial charge in [-0.1, -0.05) is 78.0 Å². The van der Waals surface area contributed by atoms with Gasteiger partial charge in [0.2, 0.25) is 5.91 Å². The van der Waals surface area contributed by atoms with Gasteiger partial charge in [0.25, 0.3) is 5.91 Å². The zero-order chi connectivity index (χ0) is 26.4. The molecular formula is C29H25ClN4O2S. The van der Waals surface area contributed by atoms with Gasteiger partial charge in [-0.2, -0.15) is 5.26 Å². The van der Waals surface area contributed by atoms with Crippen LogP contribution in [0.2, 0.25) is 5.02 Å². The SMILES string of the molecule is CC1=C(C(=O)Nc2ccccc2)C(c2ccccc2)C(C#N)=C(SCC(=O)Nc2cccc(Cl)c2C)N1. The van der Waals surface area contributed by atoms with E-state index in [9.17, 15) is 14.9 Å². The van der Waals surface area contributed by atoms with Crippen LogP contribution < -0.4 is 16.0 Å². The van der Waals surface area contributed by atoms with E-state index in [-0.39, 0.29) is 17.6 Å². The maximum absolute atomic E-state index is 13.4. The number of halogens is 1. The molecule has 186 valence electrons. The number of hydrogen-bond donors (Lipinski definition) is 3. The van der Waals surface area contributed by atoms with Gasteiger partial charge in [-0.05, 0) is 49.2 Å². The van der Waals surface area contributed by atoms with Gasteiger partial charge in [-0.25, -0.2) is 0 Å². The molecule has 0 bridgehead atoms. The van der Waals surface area contributed by atoms with Crippen molar-refractivity contribution in [2.75, 3.05) is 16.4 Å². The Morgan fingerprint density at radius 2 is 1.65 bits per heavy atom. The van der Waals surface area contributed by atoms with Gasteiger partial charge in [0.15, 0.2) is 0 Å².